The molecule has 0 bridgehead atoms. The van der Waals surface area contributed by atoms with E-state index in [2.05, 4.69) is 11.4 Å². The van der Waals surface area contributed by atoms with Crippen LogP contribution in [0.25, 0.3) is 0 Å². The van der Waals surface area contributed by atoms with Crippen molar-refractivity contribution in [2.75, 3.05) is 13.2 Å². The van der Waals surface area contributed by atoms with Crippen LogP contribution in [-0.4, -0.2) is 122 Å². The van der Waals surface area contributed by atoms with E-state index in [1.165, 1.54) is 6.92 Å². The number of nitrogens with one attached hydrogen (secondary N) is 1. The molecule has 2 fully saturated rings. The number of amides is 1. The molecule has 3 aliphatic rings. The number of ether oxygens (including phenoxy) is 4. The van der Waals surface area contributed by atoms with Gasteiger partial charge >= 0.3 is 6.09 Å². The fraction of sp³-hybridized carbons (Fsp3) is 0.864. The monoisotopic (exact) mass is 507 g/mol. The summed E-state index contributed by atoms with van der Waals surface area (Å²) in [6.07, 6.45) is -6.15. The molecule has 13 nitrogen and oxygen atoms in total. The number of hydrogen-bond acceptors (Lipinski definition) is 12. The summed E-state index contributed by atoms with van der Waals surface area (Å²) in [6.45, 7) is -0.201. The van der Waals surface area contributed by atoms with Gasteiger partial charge in [-0.3, -0.25) is 0 Å². The normalized spacial score (nSPS) is 45.7. The molecule has 2 heterocycles. The number of alkyl carbamates (subject to hydrolysis) is 1. The fourth-order valence-electron chi connectivity index (χ4n) is 4.53. The van der Waals surface area contributed by atoms with Crippen molar-refractivity contribution in [2.45, 2.75) is 106 Å². The van der Waals surface area contributed by atoms with Crippen molar-refractivity contribution in [3.8, 4) is 0 Å². The van der Waals surface area contributed by atoms with Crippen LogP contribution in [0.4, 0.5) is 4.79 Å². The molecule has 0 saturated carbocycles. The van der Waals surface area contributed by atoms with Crippen LogP contribution in [0.5, 0.6) is 0 Å². The van der Waals surface area contributed by atoms with Gasteiger partial charge in [0.1, 0.15) is 54.9 Å². The van der Waals surface area contributed by atoms with Gasteiger partial charge in [0.25, 0.3) is 0 Å². The van der Waals surface area contributed by atoms with E-state index in [4.69, 9.17) is 18.9 Å². The van der Waals surface area contributed by atoms with Crippen LogP contribution in [0.15, 0.2) is 12.2 Å². The summed E-state index contributed by atoms with van der Waals surface area (Å²) in [7, 11) is 0. The quantitative estimate of drug-likeness (QED) is 0.177. The molecule has 8 N–H and O–H groups in total. The van der Waals surface area contributed by atoms with E-state index in [-0.39, 0.29) is 6.10 Å². The van der Waals surface area contributed by atoms with Gasteiger partial charge in [-0.1, -0.05) is 12.2 Å². The number of carbonyl (C=O) groups is 1. The largest absolute Gasteiger partial charge is 0.446 e. The molecule has 0 aromatic rings. The molecule has 1 aliphatic carbocycles. The first-order chi connectivity index (χ1) is 16.6. The molecule has 35 heavy (non-hydrogen) atoms. The van der Waals surface area contributed by atoms with E-state index < -0.39 is 80.2 Å². The van der Waals surface area contributed by atoms with Gasteiger partial charge < -0.3 is 60.0 Å². The van der Waals surface area contributed by atoms with Crippen molar-refractivity contribution in [1.82, 2.24) is 5.32 Å². The SMILES string of the molecule is C[C@]1(O[C@H]2O[C@H](CO)[C@@H](O)C(O)C2NC(=O)OC2CC/C=C/CCC2)OC(CO)[C@@H](O)C(O)[C@@H]1O. The van der Waals surface area contributed by atoms with Gasteiger partial charge in [-0.25, -0.2) is 4.79 Å². The third-order valence-electron chi connectivity index (χ3n) is 6.66. The molecule has 202 valence electrons. The predicted molar refractivity (Wildman–Crippen MR) is 117 cm³/mol. The maximum Gasteiger partial charge on any atom is 0.407 e. The van der Waals surface area contributed by atoms with Gasteiger partial charge in [0, 0.05) is 0 Å². The molecule has 11 atom stereocenters. The smallest absolute Gasteiger partial charge is 0.407 e. The first-order valence-corrected chi connectivity index (χ1v) is 11.9. The highest BCUT2D eigenvalue weighted by atomic mass is 16.8. The van der Waals surface area contributed by atoms with Crippen molar-refractivity contribution in [3.05, 3.63) is 12.2 Å². The zero-order valence-electron chi connectivity index (χ0n) is 19.5. The Balaban J connectivity index is 1.76. The maximum absolute atomic E-state index is 12.7. The number of rotatable bonds is 6. The first-order valence-electron chi connectivity index (χ1n) is 11.9. The molecule has 2 saturated heterocycles. The minimum Gasteiger partial charge on any atom is -0.446 e. The minimum absolute atomic E-state index is 0.362. The third kappa shape index (κ3) is 6.49. The molecule has 5 unspecified atom stereocenters. The molecule has 0 aromatic carbocycles. The zero-order chi connectivity index (χ0) is 25.8. The van der Waals surface area contributed by atoms with Gasteiger partial charge in [-0.05, 0) is 39.0 Å². The Morgan fingerprint density at radius 2 is 1.63 bits per heavy atom. The molecule has 0 aromatic heterocycles. The highest BCUT2D eigenvalue weighted by Gasteiger charge is 2.55. The summed E-state index contributed by atoms with van der Waals surface area (Å²) in [6, 6.07) is -1.43. The van der Waals surface area contributed by atoms with Gasteiger partial charge in [-0.15, -0.1) is 0 Å². The molecule has 2 aliphatic heterocycles. The second-order valence-electron chi connectivity index (χ2n) is 9.28. The summed E-state index contributed by atoms with van der Waals surface area (Å²) < 4.78 is 22.3. The van der Waals surface area contributed by atoms with E-state index in [0.717, 1.165) is 19.3 Å². The van der Waals surface area contributed by atoms with Crippen LogP contribution in [0.2, 0.25) is 0 Å². The van der Waals surface area contributed by atoms with Crippen LogP contribution < -0.4 is 5.32 Å². The lowest BCUT2D eigenvalue weighted by Crippen LogP contribution is -2.70. The first kappa shape index (κ1) is 28.2. The topological polar surface area (TPSA) is 208 Å². The van der Waals surface area contributed by atoms with Crippen molar-refractivity contribution in [2.24, 2.45) is 0 Å². The van der Waals surface area contributed by atoms with Crippen molar-refractivity contribution in [3.63, 3.8) is 0 Å². The van der Waals surface area contributed by atoms with Gasteiger partial charge in [-0.2, -0.15) is 0 Å². The molecular formula is C22H37NO12. The Kier molecular flexibility index (Phi) is 9.85. The van der Waals surface area contributed by atoms with Crippen LogP contribution >= 0.6 is 0 Å². The molecule has 1 amide bonds. The predicted octanol–water partition coefficient (Wildman–Crippen LogP) is -2.38. The molecule has 13 heteroatoms. The summed E-state index contributed by atoms with van der Waals surface area (Å²) in [5.41, 5.74) is 0. The number of hydrogen-bond donors (Lipinski definition) is 8. The van der Waals surface area contributed by atoms with Crippen LogP contribution in [0.3, 0.4) is 0 Å². The number of aliphatic hydroxyl groups excluding tert-OH is 7. The van der Waals surface area contributed by atoms with Crippen molar-refractivity contribution >= 4 is 6.09 Å². The van der Waals surface area contributed by atoms with E-state index in [0.29, 0.717) is 12.8 Å². The summed E-state index contributed by atoms with van der Waals surface area (Å²) in [5, 5.41) is 73.2. The summed E-state index contributed by atoms with van der Waals surface area (Å²) >= 11 is 0. The summed E-state index contributed by atoms with van der Waals surface area (Å²) in [4.78, 5) is 12.7. The molecular weight excluding hydrogens is 470 g/mol. The van der Waals surface area contributed by atoms with Crippen LogP contribution in [0.1, 0.15) is 39.0 Å². The Bertz CT molecular complexity index is 723. The van der Waals surface area contributed by atoms with E-state index in [9.17, 15) is 40.5 Å². The lowest BCUT2D eigenvalue weighted by Gasteiger charge is -2.50. The Hall–Kier alpha value is -1.39. The fourth-order valence-corrected chi connectivity index (χ4v) is 4.53. The van der Waals surface area contributed by atoms with Crippen LogP contribution in [0, 0.1) is 0 Å². The second kappa shape index (κ2) is 12.2. The third-order valence-corrected chi connectivity index (χ3v) is 6.66. The molecule has 0 radical (unpaired) electrons. The van der Waals surface area contributed by atoms with Crippen molar-refractivity contribution in [1.29, 1.82) is 0 Å². The Morgan fingerprint density at radius 1 is 0.971 bits per heavy atom. The van der Waals surface area contributed by atoms with Crippen LogP contribution in [-0.2, 0) is 18.9 Å². The maximum atomic E-state index is 12.7. The Morgan fingerprint density at radius 3 is 2.31 bits per heavy atom. The summed E-state index contributed by atoms with van der Waals surface area (Å²) in [5.74, 6) is -2.07. The lowest BCUT2D eigenvalue weighted by atomic mass is 9.92. The highest BCUT2D eigenvalue weighted by molar-refractivity contribution is 5.68. The van der Waals surface area contributed by atoms with Gasteiger partial charge in [0.2, 0.25) is 0 Å². The average molecular weight is 508 g/mol. The van der Waals surface area contributed by atoms with E-state index in [1.54, 1.807) is 0 Å². The standard InChI is InChI=1S/C22H37NO12/c1-22(19(30)18(29)16(27)13(10-25)34-22)35-20-14(17(28)15(26)12(9-24)33-20)23-21(31)32-11-7-5-3-2-4-6-8-11/h2-3,11-20,24-30H,4-10H2,1H3,(H,23,31)/b3-2+/t11?,12-,13?,14?,15-,16-,17?,18?,19+,20-,22-/m1/s1. The average Bonchev–Trinajstić information content (AvgIpc) is 2.81. The lowest BCUT2D eigenvalue weighted by molar-refractivity contribution is -0.407. The zero-order valence-corrected chi connectivity index (χ0v) is 19.5. The second-order valence-corrected chi connectivity index (χ2v) is 9.28. The number of carbonyl (C=O) groups excluding carboxylic acids is 1. The minimum atomic E-state index is -2.07. The van der Waals surface area contributed by atoms with Crippen molar-refractivity contribution < 1.29 is 59.5 Å². The molecule has 0 spiro atoms. The highest BCUT2D eigenvalue weighted by Crippen LogP contribution is 2.35. The van der Waals surface area contributed by atoms with E-state index in [1.807, 2.05) is 6.08 Å². The van der Waals surface area contributed by atoms with Gasteiger partial charge in [0.15, 0.2) is 12.1 Å². The number of allylic oxidation sites excluding steroid dienone is 2. The molecule has 3 rings (SSSR count). The van der Waals surface area contributed by atoms with Gasteiger partial charge in [0.05, 0.1) is 13.2 Å². The van der Waals surface area contributed by atoms with E-state index >= 15 is 0 Å². The Labute approximate surface area is 202 Å². The number of aliphatic hydroxyl groups is 7.